The van der Waals surface area contributed by atoms with Gasteiger partial charge >= 0.3 is 0 Å². The number of aldehydes is 1. The van der Waals surface area contributed by atoms with Gasteiger partial charge in [0, 0.05) is 18.2 Å². The minimum atomic E-state index is 0.530. The van der Waals surface area contributed by atoms with Crippen molar-refractivity contribution in [3.05, 3.63) is 28.8 Å². The van der Waals surface area contributed by atoms with Gasteiger partial charge in [0.25, 0.3) is 0 Å². The van der Waals surface area contributed by atoms with Gasteiger partial charge in [-0.25, -0.2) is 0 Å². The topological polar surface area (TPSA) is 20.3 Å². The van der Waals surface area contributed by atoms with Gasteiger partial charge in [-0.05, 0) is 37.8 Å². The molecule has 0 radical (unpaired) electrons. The van der Waals surface area contributed by atoms with Crippen molar-refractivity contribution in [2.24, 2.45) is 0 Å². The molecule has 0 amide bonds. The highest BCUT2D eigenvalue weighted by Gasteiger charge is 2.25. The maximum Gasteiger partial charge on any atom is 0.152 e. The molecular weight excluding hydrogens is 246 g/mol. The quantitative estimate of drug-likeness (QED) is 0.756. The monoisotopic (exact) mass is 265 g/mol. The molecule has 1 aromatic carbocycles. The predicted molar refractivity (Wildman–Crippen MR) is 76.7 cm³/mol. The molecule has 2 nitrogen and oxygen atoms in total. The molecular formula is C15H20ClNO. The largest absolute Gasteiger partial charge is 0.367 e. The highest BCUT2D eigenvalue weighted by atomic mass is 35.5. The fourth-order valence-corrected chi connectivity index (χ4v) is 3.15. The summed E-state index contributed by atoms with van der Waals surface area (Å²) >= 11 is 6.31. The number of hydrogen-bond acceptors (Lipinski definition) is 2. The van der Waals surface area contributed by atoms with Crippen LogP contribution in [-0.2, 0) is 0 Å². The maximum atomic E-state index is 11.2. The lowest BCUT2D eigenvalue weighted by Gasteiger charge is -2.38. The average Bonchev–Trinajstić information content (AvgIpc) is 2.40. The predicted octanol–water partition coefficient (Wildman–Crippen LogP) is 4.31. The lowest BCUT2D eigenvalue weighted by Crippen LogP contribution is -2.40. The van der Waals surface area contributed by atoms with Crippen molar-refractivity contribution < 1.29 is 4.79 Å². The van der Waals surface area contributed by atoms with E-state index in [0.717, 1.165) is 18.5 Å². The Bertz CT molecular complexity index is 417. The summed E-state index contributed by atoms with van der Waals surface area (Å²) in [6, 6.07) is 6.10. The van der Waals surface area contributed by atoms with Gasteiger partial charge in [0.1, 0.15) is 0 Å². The fraction of sp³-hybridized carbons (Fsp3) is 0.533. The highest BCUT2D eigenvalue weighted by Crippen LogP contribution is 2.34. The van der Waals surface area contributed by atoms with Gasteiger partial charge in [0.05, 0.1) is 10.7 Å². The molecule has 1 aromatic rings. The minimum absolute atomic E-state index is 0.530. The summed E-state index contributed by atoms with van der Waals surface area (Å²) in [4.78, 5) is 13.5. The van der Waals surface area contributed by atoms with E-state index in [9.17, 15) is 4.79 Å². The van der Waals surface area contributed by atoms with Gasteiger partial charge in [-0.15, -0.1) is 0 Å². The summed E-state index contributed by atoms with van der Waals surface area (Å²) in [5.74, 6) is 0. The third-order valence-corrected chi connectivity index (χ3v) is 3.99. The number of halogens is 1. The Hall–Kier alpha value is -1.02. The second kappa shape index (κ2) is 6.24. The first kappa shape index (κ1) is 13.4. The molecule has 1 aliphatic heterocycles. The van der Waals surface area contributed by atoms with E-state index in [0.29, 0.717) is 16.6 Å². The van der Waals surface area contributed by atoms with E-state index in [1.165, 1.54) is 32.1 Å². The van der Waals surface area contributed by atoms with E-state index in [1.54, 1.807) is 0 Å². The molecule has 2 rings (SSSR count). The third-order valence-electron chi connectivity index (χ3n) is 3.68. The molecule has 0 bridgehead atoms. The van der Waals surface area contributed by atoms with Gasteiger partial charge in [0.2, 0.25) is 0 Å². The Morgan fingerprint density at radius 2 is 2.28 bits per heavy atom. The van der Waals surface area contributed by atoms with Crippen LogP contribution in [0.3, 0.4) is 0 Å². The van der Waals surface area contributed by atoms with E-state index in [4.69, 9.17) is 11.6 Å². The van der Waals surface area contributed by atoms with Crippen LogP contribution in [-0.4, -0.2) is 18.9 Å². The smallest absolute Gasteiger partial charge is 0.152 e. The number of carbonyl (C=O) groups is 1. The van der Waals surface area contributed by atoms with Crippen LogP contribution in [0.2, 0.25) is 5.02 Å². The number of benzene rings is 1. The van der Waals surface area contributed by atoms with E-state index < -0.39 is 0 Å². The normalized spacial score (nSPS) is 19.9. The van der Waals surface area contributed by atoms with Crippen LogP contribution in [0, 0.1) is 0 Å². The van der Waals surface area contributed by atoms with E-state index in [-0.39, 0.29) is 0 Å². The number of hydrogen-bond donors (Lipinski definition) is 0. The van der Waals surface area contributed by atoms with E-state index in [2.05, 4.69) is 11.8 Å². The van der Waals surface area contributed by atoms with Crippen LogP contribution in [0.25, 0.3) is 0 Å². The van der Waals surface area contributed by atoms with E-state index >= 15 is 0 Å². The molecule has 3 heteroatoms. The van der Waals surface area contributed by atoms with E-state index in [1.807, 2.05) is 18.2 Å². The molecule has 0 aliphatic carbocycles. The molecule has 18 heavy (non-hydrogen) atoms. The Morgan fingerprint density at radius 3 is 3.00 bits per heavy atom. The zero-order valence-corrected chi connectivity index (χ0v) is 11.6. The second-order valence-corrected chi connectivity index (χ2v) is 5.33. The third kappa shape index (κ3) is 2.69. The van der Waals surface area contributed by atoms with Crippen molar-refractivity contribution in [2.45, 2.75) is 45.1 Å². The van der Waals surface area contributed by atoms with Crippen LogP contribution in [0.4, 0.5) is 5.69 Å². The standard InChI is InChI=1S/C15H20ClNO/c1-2-6-13-8-3-4-10-17(13)15-12(11-18)7-5-9-14(15)16/h5,7,9,11,13H,2-4,6,8,10H2,1H3. The molecule has 1 unspecified atom stereocenters. The average molecular weight is 266 g/mol. The molecule has 1 heterocycles. The van der Waals surface area contributed by atoms with Crippen LogP contribution in [0.1, 0.15) is 49.4 Å². The summed E-state index contributed by atoms with van der Waals surface area (Å²) in [5.41, 5.74) is 1.65. The Labute approximate surface area is 114 Å². The molecule has 0 N–H and O–H groups in total. The van der Waals surface area contributed by atoms with Crippen molar-refractivity contribution in [3.63, 3.8) is 0 Å². The van der Waals surface area contributed by atoms with Crippen molar-refractivity contribution >= 4 is 23.6 Å². The van der Waals surface area contributed by atoms with Crippen molar-refractivity contribution in [3.8, 4) is 0 Å². The lowest BCUT2D eigenvalue weighted by atomic mass is 9.96. The number of carbonyl (C=O) groups excluding carboxylic acids is 1. The number of rotatable bonds is 4. The molecule has 1 aliphatic rings. The molecule has 1 saturated heterocycles. The molecule has 1 fully saturated rings. The van der Waals surface area contributed by atoms with Gasteiger partial charge in [-0.2, -0.15) is 0 Å². The first-order valence-electron chi connectivity index (χ1n) is 6.78. The number of piperidine rings is 1. The first-order valence-corrected chi connectivity index (χ1v) is 7.16. The van der Waals surface area contributed by atoms with Crippen molar-refractivity contribution in [1.82, 2.24) is 0 Å². The van der Waals surface area contributed by atoms with Gasteiger partial charge in [0.15, 0.2) is 6.29 Å². The van der Waals surface area contributed by atoms with Crippen LogP contribution >= 0.6 is 11.6 Å². The number of anilines is 1. The van der Waals surface area contributed by atoms with Crippen LogP contribution in [0.15, 0.2) is 18.2 Å². The van der Waals surface area contributed by atoms with Gasteiger partial charge < -0.3 is 4.90 Å². The Balaban J connectivity index is 2.35. The minimum Gasteiger partial charge on any atom is -0.367 e. The number of nitrogens with zero attached hydrogens (tertiary/aromatic N) is 1. The summed E-state index contributed by atoms with van der Waals surface area (Å²) in [6.45, 7) is 3.22. The van der Waals surface area contributed by atoms with Crippen LogP contribution < -0.4 is 4.90 Å². The second-order valence-electron chi connectivity index (χ2n) is 4.93. The molecule has 0 saturated carbocycles. The zero-order valence-electron chi connectivity index (χ0n) is 10.9. The summed E-state index contributed by atoms with van der Waals surface area (Å²) in [7, 11) is 0. The zero-order chi connectivity index (χ0) is 13.0. The molecule has 98 valence electrons. The van der Waals surface area contributed by atoms with Crippen molar-refractivity contribution in [1.29, 1.82) is 0 Å². The summed E-state index contributed by atoms with van der Waals surface area (Å²) in [5, 5.41) is 0.697. The summed E-state index contributed by atoms with van der Waals surface area (Å²) in [6.07, 6.45) is 6.92. The molecule has 1 atom stereocenters. The molecule has 0 aromatic heterocycles. The van der Waals surface area contributed by atoms with Crippen molar-refractivity contribution in [2.75, 3.05) is 11.4 Å². The highest BCUT2D eigenvalue weighted by molar-refractivity contribution is 6.34. The molecule has 0 spiro atoms. The number of para-hydroxylation sites is 1. The van der Waals surface area contributed by atoms with Crippen LogP contribution in [0.5, 0.6) is 0 Å². The maximum absolute atomic E-state index is 11.2. The Kier molecular flexibility index (Phi) is 4.65. The lowest BCUT2D eigenvalue weighted by molar-refractivity contribution is 0.112. The van der Waals surface area contributed by atoms with Gasteiger partial charge in [-0.3, -0.25) is 4.79 Å². The SMILES string of the molecule is CCCC1CCCCN1c1c(Cl)cccc1C=O. The Morgan fingerprint density at radius 1 is 1.44 bits per heavy atom. The summed E-state index contributed by atoms with van der Waals surface area (Å²) < 4.78 is 0. The first-order chi connectivity index (χ1) is 8.77. The fourth-order valence-electron chi connectivity index (χ4n) is 2.86. The van der Waals surface area contributed by atoms with Gasteiger partial charge in [-0.1, -0.05) is 31.0 Å².